The van der Waals surface area contributed by atoms with E-state index in [0.29, 0.717) is 18.7 Å². The van der Waals surface area contributed by atoms with Crippen LogP contribution in [0.2, 0.25) is 0 Å². The summed E-state index contributed by atoms with van der Waals surface area (Å²) in [7, 11) is -1.93. The summed E-state index contributed by atoms with van der Waals surface area (Å²) in [4.78, 5) is 14.2. The molecule has 0 radical (unpaired) electrons. The van der Waals surface area contributed by atoms with Crippen LogP contribution in [0, 0.1) is 13.8 Å². The van der Waals surface area contributed by atoms with E-state index in [-0.39, 0.29) is 23.8 Å². The number of nitrogens with zero attached hydrogens (tertiary/aromatic N) is 1. The summed E-state index contributed by atoms with van der Waals surface area (Å²) in [5.74, 6) is 0.665. The first kappa shape index (κ1) is 21.9. The van der Waals surface area contributed by atoms with Crippen LogP contribution in [0.25, 0.3) is 0 Å². The third-order valence-electron chi connectivity index (χ3n) is 4.34. The summed E-state index contributed by atoms with van der Waals surface area (Å²) in [5.41, 5.74) is 2.53. The Kier molecular flexibility index (Phi) is 7.60. The number of hydrogen-bond donors (Lipinski definition) is 1. The lowest BCUT2D eigenvalue weighted by Crippen LogP contribution is -2.32. The number of sulfonamides is 1. The second-order valence-electron chi connectivity index (χ2n) is 6.74. The molecular weight excluding hydrogens is 376 g/mol. The molecule has 28 heavy (non-hydrogen) atoms. The van der Waals surface area contributed by atoms with Crippen LogP contribution in [-0.2, 0) is 21.4 Å². The summed E-state index contributed by atoms with van der Waals surface area (Å²) < 4.78 is 32.9. The van der Waals surface area contributed by atoms with E-state index in [9.17, 15) is 13.2 Å². The van der Waals surface area contributed by atoms with Gasteiger partial charge in [-0.15, -0.1) is 0 Å². The number of aryl methyl sites for hydroxylation is 2. The van der Waals surface area contributed by atoms with E-state index in [0.717, 1.165) is 16.9 Å². The summed E-state index contributed by atoms with van der Waals surface area (Å²) in [6, 6.07) is 12.9. The average Bonchev–Trinajstić information content (AvgIpc) is 2.65. The van der Waals surface area contributed by atoms with Gasteiger partial charge in [-0.25, -0.2) is 13.1 Å². The Bertz CT molecular complexity index is 909. The molecule has 0 fully saturated rings. The first-order valence-electron chi connectivity index (χ1n) is 9.25. The zero-order valence-corrected chi connectivity index (χ0v) is 17.7. The number of nitrogens with one attached hydrogen (secondary N) is 1. The van der Waals surface area contributed by atoms with Crippen molar-refractivity contribution in [3.8, 4) is 5.75 Å². The zero-order chi connectivity index (χ0) is 20.7. The van der Waals surface area contributed by atoms with Gasteiger partial charge in [0.05, 0.1) is 11.5 Å². The molecule has 0 spiro atoms. The van der Waals surface area contributed by atoms with Gasteiger partial charge in [0.25, 0.3) is 0 Å². The highest BCUT2D eigenvalue weighted by Gasteiger charge is 2.18. The highest BCUT2D eigenvalue weighted by Crippen LogP contribution is 2.17. The van der Waals surface area contributed by atoms with Crippen LogP contribution in [0.3, 0.4) is 0 Å². The van der Waals surface area contributed by atoms with Gasteiger partial charge in [-0.1, -0.05) is 24.3 Å². The fourth-order valence-electron chi connectivity index (χ4n) is 2.78. The highest BCUT2D eigenvalue weighted by molar-refractivity contribution is 7.89. The van der Waals surface area contributed by atoms with Crippen molar-refractivity contribution in [2.45, 2.75) is 38.6 Å². The lowest BCUT2D eigenvalue weighted by Gasteiger charge is -2.18. The number of ether oxygens (including phenoxy) is 1. The molecule has 2 aromatic rings. The third-order valence-corrected chi connectivity index (χ3v) is 5.95. The Morgan fingerprint density at radius 2 is 1.79 bits per heavy atom. The smallest absolute Gasteiger partial charge is 0.240 e. The first-order chi connectivity index (χ1) is 13.2. The van der Waals surface area contributed by atoms with Crippen molar-refractivity contribution < 1.29 is 17.9 Å². The predicted molar refractivity (Wildman–Crippen MR) is 110 cm³/mol. The van der Waals surface area contributed by atoms with Crippen molar-refractivity contribution in [1.29, 1.82) is 0 Å². The maximum atomic E-state index is 12.5. The molecule has 2 aromatic carbocycles. The van der Waals surface area contributed by atoms with Gasteiger partial charge in [-0.3, -0.25) is 4.79 Å². The van der Waals surface area contributed by atoms with Gasteiger partial charge in [0.1, 0.15) is 5.75 Å². The number of benzene rings is 2. The van der Waals surface area contributed by atoms with Gasteiger partial charge in [-0.05, 0) is 55.7 Å². The predicted octanol–water partition coefficient (Wildman–Crippen LogP) is 3.03. The van der Waals surface area contributed by atoms with Crippen molar-refractivity contribution in [3.63, 3.8) is 0 Å². The van der Waals surface area contributed by atoms with Crippen LogP contribution < -0.4 is 9.46 Å². The minimum Gasteiger partial charge on any atom is -0.494 e. The maximum Gasteiger partial charge on any atom is 0.240 e. The topological polar surface area (TPSA) is 75.7 Å². The van der Waals surface area contributed by atoms with Crippen LogP contribution in [0.5, 0.6) is 5.75 Å². The number of carbonyl (C=O) groups is 1. The zero-order valence-electron chi connectivity index (χ0n) is 16.9. The SMILES string of the molecule is CCOc1ccc(CN(C)C(=O)CCNS(=O)(=O)c2cc(C)ccc2C)cc1. The van der Waals surface area contributed by atoms with E-state index in [2.05, 4.69) is 4.72 Å². The van der Waals surface area contributed by atoms with Gasteiger partial charge in [0, 0.05) is 26.6 Å². The van der Waals surface area contributed by atoms with Gasteiger partial charge < -0.3 is 9.64 Å². The molecule has 0 saturated carbocycles. The lowest BCUT2D eigenvalue weighted by molar-refractivity contribution is -0.130. The summed E-state index contributed by atoms with van der Waals surface area (Å²) in [5, 5.41) is 0. The Morgan fingerprint density at radius 3 is 2.43 bits per heavy atom. The molecule has 2 rings (SSSR count). The largest absolute Gasteiger partial charge is 0.494 e. The lowest BCUT2D eigenvalue weighted by atomic mass is 10.2. The molecule has 0 aliphatic heterocycles. The Balaban J connectivity index is 1.88. The summed E-state index contributed by atoms with van der Waals surface area (Å²) in [6.45, 7) is 6.64. The van der Waals surface area contributed by atoms with Crippen molar-refractivity contribution in [3.05, 3.63) is 59.2 Å². The second-order valence-corrected chi connectivity index (χ2v) is 8.48. The van der Waals surface area contributed by atoms with Crippen molar-refractivity contribution in [2.24, 2.45) is 0 Å². The van der Waals surface area contributed by atoms with E-state index in [1.165, 1.54) is 0 Å². The van der Waals surface area contributed by atoms with E-state index in [1.54, 1.807) is 31.0 Å². The number of rotatable bonds is 9. The van der Waals surface area contributed by atoms with Gasteiger partial charge in [-0.2, -0.15) is 0 Å². The van der Waals surface area contributed by atoms with Crippen LogP contribution >= 0.6 is 0 Å². The third kappa shape index (κ3) is 6.07. The fraction of sp³-hybridized carbons (Fsp3) is 0.381. The van der Waals surface area contributed by atoms with Crippen molar-refractivity contribution in [1.82, 2.24) is 9.62 Å². The minimum absolute atomic E-state index is 0.0577. The quantitative estimate of drug-likeness (QED) is 0.697. The summed E-state index contributed by atoms with van der Waals surface area (Å²) >= 11 is 0. The van der Waals surface area contributed by atoms with Gasteiger partial charge in [0.15, 0.2) is 0 Å². The minimum atomic E-state index is -3.64. The molecule has 0 aliphatic rings. The number of hydrogen-bond acceptors (Lipinski definition) is 4. The van der Waals surface area contributed by atoms with Crippen LogP contribution in [0.15, 0.2) is 47.4 Å². The molecule has 0 bridgehead atoms. The molecular formula is C21H28N2O4S. The summed E-state index contributed by atoms with van der Waals surface area (Å²) in [6.07, 6.45) is 0.0949. The monoisotopic (exact) mass is 404 g/mol. The normalized spacial score (nSPS) is 11.3. The molecule has 0 unspecified atom stereocenters. The van der Waals surface area contributed by atoms with Gasteiger partial charge in [0.2, 0.25) is 15.9 Å². The molecule has 1 N–H and O–H groups in total. The van der Waals surface area contributed by atoms with E-state index in [4.69, 9.17) is 4.74 Å². The molecule has 152 valence electrons. The van der Waals surface area contributed by atoms with E-state index < -0.39 is 10.0 Å². The number of amides is 1. The Morgan fingerprint density at radius 1 is 1.11 bits per heavy atom. The molecule has 0 atom stereocenters. The number of carbonyl (C=O) groups excluding carboxylic acids is 1. The molecule has 1 amide bonds. The van der Waals surface area contributed by atoms with E-state index >= 15 is 0 Å². The molecule has 6 nitrogen and oxygen atoms in total. The molecule has 0 saturated heterocycles. The van der Waals surface area contributed by atoms with Crippen molar-refractivity contribution >= 4 is 15.9 Å². The fourth-order valence-corrected chi connectivity index (χ4v) is 4.14. The molecule has 0 aliphatic carbocycles. The van der Waals surface area contributed by atoms with Crippen molar-refractivity contribution in [2.75, 3.05) is 20.2 Å². The first-order valence-corrected chi connectivity index (χ1v) is 10.7. The standard InChI is InChI=1S/C21H28N2O4S/c1-5-27-19-10-8-18(9-11-19)15-23(4)21(24)12-13-22-28(25,26)20-14-16(2)6-7-17(20)3/h6-11,14,22H,5,12-13,15H2,1-4H3. The average molecular weight is 405 g/mol. The Labute approximate surface area is 167 Å². The van der Waals surface area contributed by atoms with Crippen LogP contribution in [-0.4, -0.2) is 39.4 Å². The van der Waals surface area contributed by atoms with E-state index in [1.807, 2.05) is 44.2 Å². The molecule has 0 heterocycles. The highest BCUT2D eigenvalue weighted by atomic mass is 32.2. The maximum absolute atomic E-state index is 12.5. The Hall–Kier alpha value is -2.38. The molecule has 7 heteroatoms. The van der Waals surface area contributed by atoms with Crippen LogP contribution in [0.4, 0.5) is 0 Å². The van der Waals surface area contributed by atoms with Gasteiger partial charge >= 0.3 is 0 Å². The molecule has 0 aromatic heterocycles. The van der Waals surface area contributed by atoms with Crippen LogP contribution in [0.1, 0.15) is 30.0 Å². The second kappa shape index (κ2) is 9.71.